The minimum absolute atomic E-state index is 0.247. The van der Waals surface area contributed by atoms with E-state index in [4.69, 9.17) is 0 Å². The van der Waals surface area contributed by atoms with Crippen LogP contribution >= 0.6 is 0 Å². The maximum atomic E-state index is 12.3. The van der Waals surface area contributed by atoms with Crippen molar-refractivity contribution >= 4 is 12.1 Å². The number of hydrogen-bond donors (Lipinski definition) is 2. The van der Waals surface area contributed by atoms with Crippen molar-refractivity contribution < 1.29 is 9.59 Å². The van der Waals surface area contributed by atoms with Gasteiger partial charge < -0.3 is 10.6 Å². The molecule has 0 saturated heterocycles. The van der Waals surface area contributed by atoms with E-state index in [0.29, 0.717) is 25.6 Å². The summed E-state index contributed by atoms with van der Waals surface area (Å²) in [6.07, 6.45) is 5.82. The zero-order chi connectivity index (χ0) is 18.5. The van der Waals surface area contributed by atoms with Crippen LogP contribution < -0.4 is 10.6 Å². The number of urea groups is 2. The average molecular weight is 342 g/mol. The first-order chi connectivity index (χ1) is 11.2. The molecule has 142 valence electrons. The lowest BCUT2D eigenvalue weighted by Gasteiger charge is -2.24. The molecule has 0 aromatic rings. The van der Waals surface area contributed by atoms with Crippen LogP contribution in [0.15, 0.2) is 0 Å². The molecule has 0 spiro atoms. The molecule has 0 atom stereocenters. The summed E-state index contributed by atoms with van der Waals surface area (Å²) in [6, 6.07) is -0.584. The summed E-state index contributed by atoms with van der Waals surface area (Å²) in [6.45, 7) is 14.2. The van der Waals surface area contributed by atoms with Crippen LogP contribution in [0.3, 0.4) is 0 Å². The number of rotatable bonds is 11. The van der Waals surface area contributed by atoms with Gasteiger partial charge in [-0.05, 0) is 24.2 Å². The molecule has 0 heterocycles. The Kier molecular flexibility index (Phi) is 12.4. The maximum Gasteiger partial charge on any atom is 0.325 e. The van der Waals surface area contributed by atoms with Crippen molar-refractivity contribution in [1.29, 1.82) is 0 Å². The summed E-state index contributed by atoms with van der Waals surface area (Å²) in [5.41, 5.74) is 0. The van der Waals surface area contributed by atoms with Crippen LogP contribution in [0.5, 0.6) is 0 Å². The molecule has 0 radical (unpaired) electrons. The first kappa shape index (κ1) is 22.7. The van der Waals surface area contributed by atoms with Crippen molar-refractivity contribution in [1.82, 2.24) is 15.5 Å². The fraction of sp³-hybridized carbons (Fsp3) is 0.895. The van der Waals surface area contributed by atoms with Gasteiger partial charge in [0.2, 0.25) is 0 Å². The van der Waals surface area contributed by atoms with Crippen molar-refractivity contribution in [3.05, 3.63) is 0 Å². The first-order valence-corrected chi connectivity index (χ1v) is 9.57. The summed E-state index contributed by atoms with van der Waals surface area (Å²) in [4.78, 5) is 25.8. The lowest BCUT2D eigenvalue weighted by atomic mass is 10.0. The van der Waals surface area contributed by atoms with Crippen LogP contribution in [0.25, 0.3) is 0 Å². The third-order valence-electron chi connectivity index (χ3n) is 3.68. The van der Waals surface area contributed by atoms with E-state index in [1.165, 1.54) is 24.2 Å². The fourth-order valence-corrected chi connectivity index (χ4v) is 2.33. The Balaban J connectivity index is 4.14. The van der Waals surface area contributed by atoms with E-state index in [1.807, 2.05) is 27.7 Å². The van der Waals surface area contributed by atoms with E-state index < -0.39 is 0 Å². The van der Waals surface area contributed by atoms with E-state index in [-0.39, 0.29) is 18.0 Å². The lowest BCUT2D eigenvalue weighted by Crippen LogP contribution is -2.50. The number of nitrogens with one attached hydrogen (secondary N) is 2. The second-order valence-corrected chi connectivity index (χ2v) is 7.91. The smallest absolute Gasteiger partial charge is 0.325 e. The van der Waals surface area contributed by atoms with E-state index >= 15 is 0 Å². The minimum atomic E-state index is -0.299. The number of amides is 4. The number of carbonyl (C=O) groups is 2. The Bertz CT molecular complexity index is 355. The normalized spacial score (nSPS) is 11.2. The molecule has 0 aliphatic carbocycles. The molecule has 0 aliphatic heterocycles. The zero-order valence-corrected chi connectivity index (χ0v) is 16.7. The predicted molar refractivity (Wildman–Crippen MR) is 101 cm³/mol. The highest BCUT2D eigenvalue weighted by molar-refractivity contribution is 5.93. The van der Waals surface area contributed by atoms with Gasteiger partial charge in [0.15, 0.2) is 0 Å². The molecule has 0 aromatic carbocycles. The maximum absolute atomic E-state index is 12.3. The standard InChI is InChI=1S/C19H39N3O2/c1-15(2)11-9-7-8-10-12-20-18(23)22(14-17(5)6)19(24)21-13-16(3)4/h15-17H,7-14H2,1-6H3,(H,20,23)(H,21,24). The highest BCUT2D eigenvalue weighted by Gasteiger charge is 2.21. The quantitative estimate of drug-likeness (QED) is 0.538. The summed E-state index contributed by atoms with van der Waals surface area (Å²) < 4.78 is 0. The number of unbranched alkanes of at least 4 members (excludes halogenated alkanes) is 3. The number of nitrogens with zero attached hydrogens (tertiary/aromatic N) is 1. The van der Waals surface area contributed by atoms with Crippen molar-refractivity contribution in [2.75, 3.05) is 19.6 Å². The molecule has 2 N–H and O–H groups in total. The van der Waals surface area contributed by atoms with Gasteiger partial charge in [-0.2, -0.15) is 0 Å². The molecule has 0 unspecified atom stereocenters. The van der Waals surface area contributed by atoms with Gasteiger partial charge in [-0.25, -0.2) is 14.5 Å². The van der Waals surface area contributed by atoms with Gasteiger partial charge in [0, 0.05) is 19.6 Å². The van der Waals surface area contributed by atoms with E-state index in [0.717, 1.165) is 18.8 Å². The van der Waals surface area contributed by atoms with Gasteiger partial charge in [0.25, 0.3) is 0 Å². The Labute approximate surface area is 148 Å². The van der Waals surface area contributed by atoms with Crippen LogP contribution in [0.1, 0.15) is 73.6 Å². The summed E-state index contributed by atoms with van der Waals surface area (Å²) in [7, 11) is 0. The van der Waals surface area contributed by atoms with E-state index in [1.54, 1.807) is 0 Å². The monoisotopic (exact) mass is 341 g/mol. The highest BCUT2D eigenvalue weighted by atomic mass is 16.2. The topological polar surface area (TPSA) is 61.4 Å². The molecule has 0 rings (SSSR count). The van der Waals surface area contributed by atoms with Crippen molar-refractivity contribution in [2.45, 2.75) is 73.6 Å². The molecule has 24 heavy (non-hydrogen) atoms. The summed E-state index contributed by atoms with van der Waals surface area (Å²) in [5.74, 6) is 1.37. The third kappa shape index (κ3) is 12.2. The highest BCUT2D eigenvalue weighted by Crippen LogP contribution is 2.09. The zero-order valence-electron chi connectivity index (χ0n) is 16.7. The molecular weight excluding hydrogens is 302 g/mol. The van der Waals surface area contributed by atoms with E-state index in [2.05, 4.69) is 24.5 Å². The van der Waals surface area contributed by atoms with Gasteiger partial charge in [0.05, 0.1) is 0 Å². The predicted octanol–water partition coefficient (Wildman–Crippen LogP) is 4.63. The molecule has 0 bridgehead atoms. The number of imide groups is 1. The minimum Gasteiger partial charge on any atom is -0.338 e. The average Bonchev–Trinajstić information content (AvgIpc) is 2.48. The third-order valence-corrected chi connectivity index (χ3v) is 3.68. The van der Waals surface area contributed by atoms with Gasteiger partial charge in [-0.3, -0.25) is 0 Å². The van der Waals surface area contributed by atoms with Crippen LogP contribution in [0.4, 0.5) is 9.59 Å². The molecule has 0 aliphatic rings. The Hall–Kier alpha value is -1.26. The largest absolute Gasteiger partial charge is 0.338 e. The van der Waals surface area contributed by atoms with Gasteiger partial charge in [-0.15, -0.1) is 0 Å². The number of carbonyl (C=O) groups excluding carboxylic acids is 2. The van der Waals surface area contributed by atoms with Crippen LogP contribution in [0.2, 0.25) is 0 Å². The molecule has 0 saturated carbocycles. The van der Waals surface area contributed by atoms with E-state index in [9.17, 15) is 9.59 Å². The lowest BCUT2D eigenvalue weighted by molar-refractivity contribution is 0.179. The fourth-order valence-electron chi connectivity index (χ4n) is 2.33. The molecule has 5 heteroatoms. The van der Waals surface area contributed by atoms with Crippen molar-refractivity contribution in [3.8, 4) is 0 Å². The Morgan fingerprint density at radius 1 is 0.750 bits per heavy atom. The Morgan fingerprint density at radius 3 is 1.88 bits per heavy atom. The SMILES string of the molecule is CC(C)CCCCCCNC(=O)N(CC(C)C)C(=O)NCC(C)C. The molecule has 4 amide bonds. The molecule has 0 aromatic heterocycles. The Morgan fingerprint density at radius 2 is 1.33 bits per heavy atom. The first-order valence-electron chi connectivity index (χ1n) is 9.57. The second-order valence-electron chi connectivity index (χ2n) is 7.91. The van der Waals surface area contributed by atoms with Crippen LogP contribution in [-0.4, -0.2) is 36.6 Å². The van der Waals surface area contributed by atoms with Crippen molar-refractivity contribution in [3.63, 3.8) is 0 Å². The second kappa shape index (κ2) is 13.1. The van der Waals surface area contributed by atoms with Gasteiger partial charge >= 0.3 is 12.1 Å². The summed E-state index contributed by atoms with van der Waals surface area (Å²) in [5, 5.41) is 5.71. The summed E-state index contributed by atoms with van der Waals surface area (Å²) >= 11 is 0. The molecule has 0 fully saturated rings. The van der Waals surface area contributed by atoms with Crippen molar-refractivity contribution in [2.24, 2.45) is 17.8 Å². The molecular formula is C19H39N3O2. The van der Waals surface area contributed by atoms with Gasteiger partial charge in [0.1, 0.15) is 0 Å². The van der Waals surface area contributed by atoms with Crippen LogP contribution in [-0.2, 0) is 0 Å². The number of hydrogen-bond acceptors (Lipinski definition) is 2. The molecule has 5 nitrogen and oxygen atoms in total. The van der Waals surface area contributed by atoms with Crippen LogP contribution in [0, 0.1) is 17.8 Å². The van der Waals surface area contributed by atoms with Gasteiger partial charge in [-0.1, -0.05) is 67.2 Å².